The third kappa shape index (κ3) is 5.69. The van der Waals surface area contributed by atoms with Crippen molar-refractivity contribution in [3.63, 3.8) is 0 Å². The molecule has 1 fully saturated rings. The Morgan fingerprint density at radius 2 is 1.83 bits per heavy atom. The van der Waals surface area contributed by atoms with Crippen LogP contribution in [0.25, 0.3) is 0 Å². The molecule has 1 aliphatic heterocycles. The van der Waals surface area contributed by atoms with Crippen molar-refractivity contribution in [1.82, 2.24) is 9.80 Å². The number of nitro benzene ring substituents is 1. The van der Waals surface area contributed by atoms with Gasteiger partial charge in [0.25, 0.3) is 5.69 Å². The molecule has 1 heterocycles. The smallest absolute Gasteiger partial charge is 0.292 e. The van der Waals surface area contributed by atoms with Gasteiger partial charge in [-0.1, -0.05) is 35.9 Å². The van der Waals surface area contributed by atoms with Crippen molar-refractivity contribution < 1.29 is 14.5 Å². The van der Waals surface area contributed by atoms with Gasteiger partial charge in [-0.25, -0.2) is 0 Å². The average Bonchev–Trinajstić information content (AvgIpc) is 2.75. The zero-order valence-electron chi connectivity index (χ0n) is 16.8. The summed E-state index contributed by atoms with van der Waals surface area (Å²) in [6, 6.07) is 13.2. The summed E-state index contributed by atoms with van der Waals surface area (Å²) in [5, 5.41) is 14.4. The highest BCUT2D eigenvalue weighted by Crippen LogP contribution is 2.24. The maximum absolute atomic E-state index is 12.6. The van der Waals surface area contributed by atoms with Crippen LogP contribution in [0.5, 0.6) is 5.75 Å². The van der Waals surface area contributed by atoms with Crippen LogP contribution in [0.4, 0.5) is 11.4 Å². The monoisotopic (exact) mass is 432 g/mol. The number of benzene rings is 2. The Labute approximate surface area is 180 Å². The summed E-state index contributed by atoms with van der Waals surface area (Å²) in [5.74, 6) is 0.429. The largest absolute Gasteiger partial charge is 0.491 e. The van der Waals surface area contributed by atoms with E-state index in [1.807, 2.05) is 25.1 Å². The number of amides is 1. The highest BCUT2D eigenvalue weighted by atomic mass is 35.5. The zero-order chi connectivity index (χ0) is 21.5. The molecule has 160 valence electrons. The van der Waals surface area contributed by atoms with Gasteiger partial charge in [0.15, 0.2) is 0 Å². The number of nitrogens with zero attached hydrogens (tertiary/aromatic N) is 3. The van der Waals surface area contributed by atoms with E-state index in [0.29, 0.717) is 17.4 Å². The molecular formula is C21H25ClN4O4. The number of hydrogen-bond acceptors (Lipinski definition) is 6. The van der Waals surface area contributed by atoms with Crippen molar-refractivity contribution in [3.8, 4) is 5.75 Å². The highest BCUT2D eigenvalue weighted by molar-refractivity contribution is 6.32. The van der Waals surface area contributed by atoms with Gasteiger partial charge in [0.1, 0.15) is 18.0 Å². The van der Waals surface area contributed by atoms with Gasteiger partial charge in [-0.3, -0.25) is 24.7 Å². The van der Waals surface area contributed by atoms with Crippen LogP contribution in [0.2, 0.25) is 5.02 Å². The van der Waals surface area contributed by atoms with Gasteiger partial charge in [0, 0.05) is 38.8 Å². The molecule has 0 aromatic heterocycles. The van der Waals surface area contributed by atoms with Gasteiger partial charge in [-0.15, -0.1) is 0 Å². The van der Waals surface area contributed by atoms with E-state index in [-0.39, 0.29) is 23.3 Å². The summed E-state index contributed by atoms with van der Waals surface area (Å²) in [6.45, 7) is 6.23. The number of ether oxygens (including phenoxy) is 1. The van der Waals surface area contributed by atoms with E-state index >= 15 is 0 Å². The maximum atomic E-state index is 12.6. The molecule has 1 atom stereocenters. The lowest BCUT2D eigenvalue weighted by molar-refractivity contribution is -0.383. The first-order valence-corrected chi connectivity index (χ1v) is 10.2. The van der Waals surface area contributed by atoms with Crippen LogP contribution < -0.4 is 10.1 Å². The van der Waals surface area contributed by atoms with E-state index in [9.17, 15) is 14.9 Å². The van der Waals surface area contributed by atoms with Crippen molar-refractivity contribution >= 4 is 28.9 Å². The third-order valence-corrected chi connectivity index (χ3v) is 5.51. The van der Waals surface area contributed by atoms with Gasteiger partial charge in [0.05, 0.1) is 16.0 Å². The third-order valence-electron chi connectivity index (χ3n) is 5.19. The Morgan fingerprint density at radius 1 is 1.17 bits per heavy atom. The fourth-order valence-corrected chi connectivity index (χ4v) is 3.55. The van der Waals surface area contributed by atoms with E-state index < -0.39 is 4.92 Å². The number of anilines is 1. The molecule has 1 saturated heterocycles. The molecule has 1 aliphatic rings. The predicted octanol–water partition coefficient (Wildman–Crippen LogP) is 3.27. The van der Waals surface area contributed by atoms with Crippen LogP contribution in [-0.4, -0.2) is 66.0 Å². The first kappa shape index (κ1) is 22.0. The van der Waals surface area contributed by atoms with E-state index in [2.05, 4.69) is 15.1 Å². The van der Waals surface area contributed by atoms with Gasteiger partial charge in [-0.05, 0) is 25.1 Å². The summed E-state index contributed by atoms with van der Waals surface area (Å²) < 4.78 is 5.74. The first-order valence-electron chi connectivity index (χ1n) is 9.83. The Kier molecular flexibility index (Phi) is 7.62. The second kappa shape index (κ2) is 10.4. The van der Waals surface area contributed by atoms with Gasteiger partial charge < -0.3 is 10.1 Å². The number of rotatable bonds is 8. The molecular weight excluding hydrogens is 408 g/mol. The minimum atomic E-state index is -0.496. The van der Waals surface area contributed by atoms with Gasteiger partial charge in [0.2, 0.25) is 5.91 Å². The lowest BCUT2D eigenvalue weighted by atomic mass is 10.2. The Morgan fingerprint density at radius 3 is 2.53 bits per heavy atom. The predicted molar refractivity (Wildman–Crippen MR) is 116 cm³/mol. The molecule has 0 bridgehead atoms. The van der Waals surface area contributed by atoms with Crippen molar-refractivity contribution in [2.24, 2.45) is 0 Å². The molecule has 3 rings (SSSR count). The normalized spacial score (nSPS) is 16.1. The number of nitro groups is 1. The van der Waals surface area contributed by atoms with Gasteiger partial charge in [-0.2, -0.15) is 0 Å². The lowest BCUT2D eigenvalue weighted by Crippen LogP contribution is -2.53. The topological polar surface area (TPSA) is 87.9 Å². The zero-order valence-corrected chi connectivity index (χ0v) is 17.5. The molecule has 0 spiro atoms. The average molecular weight is 433 g/mol. The van der Waals surface area contributed by atoms with Crippen molar-refractivity contribution in [2.45, 2.75) is 13.0 Å². The summed E-state index contributed by atoms with van der Waals surface area (Å²) in [5.41, 5.74) is 0.107. The van der Waals surface area contributed by atoms with E-state index in [1.54, 1.807) is 24.3 Å². The van der Waals surface area contributed by atoms with E-state index in [1.165, 1.54) is 6.07 Å². The Hall–Kier alpha value is -2.68. The van der Waals surface area contributed by atoms with Crippen LogP contribution in [0.3, 0.4) is 0 Å². The SMILES string of the molecule is CC(C(=O)Nc1ccccc1[N+](=O)[O-])N1CCN(CCOc2ccccc2Cl)CC1. The quantitative estimate of drug-likeness (QED) is 0.508. The summed E-state index contributed by atoms with van der Waals surface area (Å²) in [7, 11) is 0. The fraction of sp³-hybridized carbons (Fsp3) is 0.381. The van der Waals surface area contributed by atoms with Gasteiger partial charge >= 0.3 is 0 Å². The number of halogens is 1. The molecule has 0 radical (unpaired) electrons. The number of nitrogens with one attached hydrogen (secondary N) is 1. The summed E-state index contributed by atoms with van der Waals surface area (Å²) in [6.07, 6.45) is 0. The Balaban J connectivity index is 1.44. The number of para-hydroxylation sites is 3. The van der Waals surface area contributed by atoms with Crippen molar-refractivity contribution in [1.29, 1.82) is 0 Å². The number of carbonyl (C=O) groups excluding carboxylic acids is 1. The second-order valence-corrected chi connectivity index (χ2v) is 7.50. The lowest BCUT2D eigenvalue weighted by Gasteiger charge is -2.37. The molecule has 2 aromatic carbocycles. The van der Waals surface area contributed by atoms with Crippen LogP contribution in [0.15, 0.2) is 48.5 Å². The molecule has 9 heteroatoms. The van der Waals surface area contributed by atoms with E-state index in [4.69, 9.17) is 16.3 Å². The summed E-state index contributed by atoms with van der Waals surface area (Å²) >= 11 is 6.09. The van der Waals surface area contributed by atoms with Crippen LogP contribution in [-0.2, 0) is 4.79 Å². The van der Waals surface area contributed by atoms with Crippen LogP contribution >= 0.6 is 11.6 Å². The number of piperazine rings is 1. The number of carbonyl (C=O) groups is 1. The molecule has 30 heavy (non-hydrogen) atoms. The van der Waals surface area contributed by atoms with E-state index in [0.717, 1.165) is 32.7 Å². The maximum Gasteiger partial charge on any atom is 0.292 e. The molecule has 8 nitrogen and oxygen atoms in total. The molecule has 0 aliphatic carbocycles. The van der Waals surface area contributed by atoms with Crippen molar-refractivity contribution in [2.75, 3.05) is 44.6 Å². The number of hydrogen-bond donors (Lipinski definition) is 1. The molecule has 1 unspecified atom stereocenters. The minimum Gasteiger partial charge on any atom is -0.491 e. The highest BCUT2D eigenvalue weighted by Gasteiger charge is 2.27. The van der Waals surface area contributed by atoms with Crippen molar-refractivity contribution in [3.05, 3.63) is 63.7 Å². The first-order chi connectivity index (χ1) is 14.5. The van der Waals surface area contributed by atoms with Crippen LogP contribution in [0.1, 0.15) is 6.92 Å². The Bertz CT molecular complexity index is 887. The molecule has 0 saturated carbocycles. The minimum absolute atomic E-state index is 0.110. The molecule has 1 amide bonds. The fourth-order valence-electron chi connectivity index (χ4n) is 3.36. The molecule has 2 aromatic rings. The van der Waals surface area contributed by atoms with Crippen LogP contribution in [0, 0.1) is 10.1 Å². The molecule has 1 N–H and O–H groups in total. The standard InChI is InChI=1S/C21H25ClN4O4/c1-16(21(27)23-18-7-3-4-8-19(18)26(28)29)25-12-10-24(11-13-25)14-15-30-20-9-5-2-6-17(20)22/h2-9,16H,10-15H2,1H3,(H,23,27). The summed E-state index contributed by atoms with van der Waals surface area (Å²) in [4.78, 5) is 27.6. The second-order valence-electron chi connectivity index (χ2n) is 7.10.